The van der Waals surface area contributed by atoms with Crippen LogP contribution in [0.15, 0.2) is 24.3 Å². The van der Waals surface area contributed by atoms with Crippen LogP contribution in [0.1, 0.15) is 5.56 Å². The van der Waals surface area contributed by atoms with Crippen LogP contribution in [0.25, 0.3) is 0 Å². The molecule has 6 heteroatoms. The Hall–Kier alpha value is -1.71. The van der Waals surface area contributed by atoms with Crippen molar-refractivity contribution in [3.63, 3.8) is 0 Å². The zero-order valence-electron chi connectivity index (χ0n) is 11.1. The molecule has 0 amide bonds. The lowest BCUT2D eigenvalue weighted by molar-refractivity contribution is -0.143. The molecule has 1 N–H and O–H groups in total. The highest BCUT2D eigenvalue weighted by Crippen LogP contribution is 2.15. The van der Waals surface area contributed by atoms with Gasteiger partial charge in [-0.15, -0.1) is 0 Å². The zero-order valence-corrected chi connectivity index (χ0v) is 11.1. The van der Waals surface area contributed by atoms with Crippen LogP contribution in [-0.2, 0) is 0 Å². The number of alkyl halides is 3. The van der Waals surface area contributed by atoms with E-state index in [9.17, 15) is 13.2 Å². The minimum absolute atomic E-state index is 0.175. The van der Waals surface area contributed by atoms with E-state index >= 15 is 0 Å². The second-order valence-electron chi connectivity index (χ2n) is 4.19. The van der Waals surface area contributed by atoms with Gasteiger partial charge in [0, 0.05) is 12.1 Å². The van der Waals surface area contributed by atoms with Gasteiger partial charge < -0.3 is 9.84 Å². The van der Waals surface area contributed by atoms with Crippen molar-refractivity contribution in [1.29, 1.82) is 0 Å². The van der Waals surface area contributed by atoms with Gasteiger partial charge >= 0.3 is 6.18 Å². The van der Waals surface area contributed by atoms with Gasteiger partial charge in [-0.3, -0.25) is 4.90 Å². The molecule has 0 saturated carbocycles. The number of aliphatic hydroxyl groups excluding tert-OH is 1. The number of nitrogens with zero attached hydrogens (tertiary/aromatic N) is 1. The molecule has 0 atom stereocenters. The topological polar surface area (TPSA) is 32.7 Å². The Kier molecular flexibility index (Phi) is 6.36. The molecule has 1 aromatic carbocycles. The van der Waals surface area contributed by atoms with Gasteiger partial charge in [0.2, 0.25) is 0 Å². The highest BCUT2D eigenvalue weighted by Gasteiger charge is 2.28. The van der Waals surface area contributed by atoms with Crippen LogP contribution in [-0.4, -0.2) is 49.5 Å². The number of likely N-dealkylation sites (N-methyl/N-ethyl adjacent to an activating group) is 1. The summed E-state index contributed by atoms with van der Waals surface area (Å²) in [7, 11) is 1.39. The molecule has 0 unspecified atom stereocenters. The van der Waals surface area contributed by atoms with Crippen LogP contribution in [0.2, 0.25) is 0 Å². The van der Waals surface area contributed by atoms with Crippen molar-refractivity contribution in [3.05, 3.63) is 29.8 Å². The summed E-state index contributed by atoms with van der Waals surface area (Å²) < 4.78 is 41.6. The Balaban J connectivity index is 2.35. The van der Waals surface area contributed by atoms with Gasteiger partial charge in [0.15, 0.2) is 0 Å². The van der Waals surface area contributed by atoms with Gasteiger partial charge in [-0.05, 0) is 31.3 Å². The largest absolute Gasteiger partial charge is 0.492 e. The Bertz CT molecular complexity index is 460. The van der Waals surface area contributed by atoms with Crippen molar-refractivity contribution >= 4 is 0 Å². The third kappa shape index (κ3) is 7.02. The number of hydrogen-bond donors (Lipinski definition) is 1. The number of halogens is 3. The van der Waals surface area contributed by atoms with E-state index in [2.05, 4.69) is 11.8 Å². The summed E-state index contributed by atoms with van der Waals surface area (Å²) in [6.07, 6.45) is -4.19. The SMILES string of the molecule is CN(CCOc1ccc(C#CCO)cc1)CC(F)(F)F. The molecule has 0 spiro atoms. The Morgan fingerprint density at radius 3 is 2.45 bits per heavy atom. The molecule has 0 heterocycles. The van der Waals surface area contributed by atoms with Gasteiger partial charge in [-0.2, -0.15) is 13.2 Å². The zero-order chi connectivity index (χ0) is 15.0. The third-order valence-corrected chi connectivity index (χ3v) is 2.36. The summed E-state index contributed by atoms with van der Waals surface area (Å²) >= 11 is 0. The average Bonchev–Trinajstić information content (AvgIpc) is 2.35. The second kappa shape index (κ2) is 7.78. The quantitative estimate of drug-likeness (QED) is 0.840. The van der Waals surface area contributed by atoms with Gasteiger partial charge in [0.05, 0.1) is 6.54 Å². The van der Waals surface area contributed by atoms with Crippen molar-refractivity contribution < 1.29 is 23.0 Å². The molecule has 0 bridgehead atoms. The monoisotopic (exact) mass is 287 g/mol. The van der Waals surface area contributed by atoms with Crippen molar-refractivity contribution in [2.24, 2.45) is 0 Å². The van der Waals surface area contributed by atoms with Gasteiger partial charge in [0.1, 0.15) is 19.0 Å². The van der Waals surface area contributed by atoms with Crippen LogP contribution in [0.5, 0.6) is 5.75 Å². The molecular weight excluding hydrogens is 271 g/mol. The molecule has 1 aromatic rings. The molecule has 110 valence electrons. The summed E-state index contributed by atoms with van der Waals surface area (Å²) in [5.41, 5.74) is 0.737. The first-order chi connectivity index (χ1) is 9.40. The normalized spacial score (nSPS) is 11.1. The van der Waals surface area contributed by atoms with Crippen molar-refractivity contribution in [1.82, 2.24) is 4.90 Å². The summed E-state index contributed by atoms with van der Waals surface area (Å²) in [4.78, 5) is 1.15. The van der Waals surface area contributed by atoms with Crippen LogP contribution in [0.4, 0.5) is 13.2 Å². The lowest BCUT2D eigenvalue weighted by atomic mass is 10.2. The van der Waals surface area contributed by atoms with Gasteiger partial charge in [-0.25, -0.2) is 0 Å². The predicted octanol–water partition coefficient (Wildman–Crippen LogP) is 1.90. The van der Waals surface area contributed by atoms with Crippen LogP contribution in [0, 0.1) is 11.8 Å². The van der Waals surface area contributed by atoms with E-state index < -0.39 is 12.7 Å². The first kappa shape index (κ1) is 16.3. The smallest absolute Gasteiger partial charge is 0.401 e. The summed E-state index contributed by atoms with van der Waals surface area (Å²) in [6.45, 7) is -0.796. The fraction of sp³-hybridized carbons (Fsp3) is 0.429. The highest BCUT2D eigenvalue weighted by molar-refractivity contribution is 5.38. The first-order valence-corrected chi connectivity index (χ1v) is 5.98. The maximum Gasteiger partial charge on any atom is 0.401 e. The van der Waals surface area contributed by atoms with E-state index in [0.29, 0.717) is 5.75 Å². The van der Waals surface area contributed by atoms with E-state index in [-0.39, 0.29) is 19.8 Å². The molecule has 0 aromatic heterocycles. The fourth-order valence-corrected chi connectivity index (χ4v) is 1.48. The predicted molar refractivity (Wildman–Crippen MR) is 69.5 cm³/mol. The van der Waals surface area contributed by atoms with E-state index in [1.807, 2.05) is 0 Å². The second-order valence-corrected chi connectivity index (χ2v) is 4.19. The summed E-state index contributed by atoms with van der Waals surface area (Å²) in [5.74, 6) is 5.82. The van der Waals surface area contributed by atoms with Crippen molar-refractivity contribution in [3.8, 4) is 17.6 Å². The van der Waals surface area contributed by atoms with E-state index in [1.54, 1.807) is 24.3 Å². The van der Waals surface area contributed by atoms with Gasteiger partial charge in [-0.1, -0.05) is 11.8 Å². The van der Waals surface area contributed by atoms with Crippen molar-refractivity contribution in [2.45, 2.75) is 6.18 Å². The lowest BCUT2D eigenvalue weighted by Gasteiger charge is -2.18. The minimum atomic E-state index is -4.19. The van der Waals surface area contributed by atoms with Crippen LogP contribution < -0.4 is 4.74 Å². The molecule has 0 radical (unpaired) electrons. The molecule has 1 rings (SSSR count). The number of hydrogen-bond acceptors (Lipinski definition) is 3. The van der Waals surface area contributed by atoms with E-state index in [4.69, 9.17) is 9.84 Å². The first-order valence-electron chi connectivity index (χ1n) is 5.98. The van der Waals surface area contributed by atoms with Crippen LogP contribution >= 0.6 is 0 Å². The number of aliphatic hydroxyl groups is 1. The maximum atomic E-state index is 12.1. The minimum Gasteiger partial charge on any atom is -0.492 e. The molecule has 0 aliphatic rings. The molecule has 20 heavy (non-hydrogen) atoms. The number of rotatable bonds is 5. The Morgan fingerprint density at radius 2 is 1.90 bits per heavy atom. The molecule has 0 saturated heterocycles. The molecule has 3 nitrogen and oxygen atoms in total. The van der Waals surface area contributed by atoms with E-state index in [0.717, 1.165) is 10.5 Å². The standard InChI is InChI=1S/C14H16F3NO2/c1-18(11-14(15,16)17)8-10-20-13-6-4-12(5-7-13)3-2-9-19/h4-7,19H,8-11H2,1H3. The molecule has 0 aliphatic carbocycles. The average molecular weight is 287 g/mol. The molecule has 0 aliphatic heterocycles. The maximum absolute atomic E-state index is 12.1. The lowest BCUT2D eigenvalue weighted by Crippen LogP contribution is -2.33. The van der Waals surface area contributed by atoms with Crippen LogP contribution in [0.3, 0.4) is 0 Å². The Labute approximate surface area is 116 Å². The third-order valence-electron chi connectivity index (χ3n) is 2.36. The number of ether oxygens (including phenoxy) is 1. The highest BCUT2D eigenvalue weighted by atomic mass is 19.4. The van der Waals surface area contributed by atoms with Gasteiger partial charge in [0.25, 0.3) is 0 Å². The Morgan fingerprint density at radius 1 is 1.25 bits per heavy atom. The van der Waals surface area contributed by atoms with E-state index in [1.165, 1.54) is 7.05 Å². The fourth-order valence-electron chi connectivity index (χ4n) is 1.48. The summed E-state index contributed by atoms with van der Waals surface area (Å²) in [5, 5.41) is 8.55. The molecular formula is C14H16F3NO2. The molecule has 0 fully saturated rings. The summed E-state index contributed by atoms with van der Waals surface area (Å²) in [6, 6.07) is 6.81. The number of benzene rings is 1. The van der Waals surface area contributed by atoms with Crippen molar-refractivity contribution in [2.75, 3.05) is 33.4 Å².